The molecule has 1 unspecified atom stereocenters. The van der Waals surface area contributed by atoms with Crippen molar-refractivity contribution in [1.29, 1.82) is 0 Å². The average Bonchev–Trinajstić information content (AvgIpc) is 2.33. The second kappa shape index (κ2) is 7.21. The predicted molar refractivity (Wildman–Crippen MR) is 87.6 cm³/mol. The largest absolute Gasteiger partial charge is 0.495 e. The van der Waals surface area contributed by atoms with Gasteiger partial charge in [0.15, 0.2) is 0 Å². The molecule has 0 heterocycles. The molecular weight excluding hydrogens is 396 g/mol. The first-order valence-electron chi connectivity index (χ1n) is 5.53. The third kappa shape index (κ3) is 4.15. The number of nitrogens with one attached hydrogen (secondary N) is 1. The van der Waals surface area contributed by atoms with Crippen LogP contribution in [0.25, 0.3) is 0 Å². The van der Waals surface area contributed by atoms with Crippen LogP contribution in [0.5, 0.6) is 5.75 Å². The van der Waals surface area contributed by atoms with Crippen molar-refractivity contribution in [2.24, 2.45) is 11.7 Å². The van der Waals surface area contributed by atoms with E-state index in [1.54, 1.807) is 19.2 Å². The molecule has 104 valence electrons. The number of carbonyl (C=O) groups excluding carboxylic acids is 1. The van der Waals surface area contributed by atoms with Crippen LogP contribution in [0, 0.1) is 5.92 Å². The highest BCUT2D eigenvalue weighted by Crippen LogP contribution is 2.34. The number of ether oxygens (including phenoxy) is 1. The number of amides is 1. The first-order valence-corrected chi connectivity index (χ1v) is 7.53. The Morgan fingerprint density at radius 2 is 2.11 bits per heavy atom. The minimum atomic E-state index is -0.475. The van der Waals surface area contributed by atoms with Crippen LogP contribution in [0.15, 0.2) is 21.1 Å². The molecule has 0 spiro atoms. The minimum absolute atomic E-state index is 0.195. The van der Waals surface area contributed by atoms with Crippen molar-refractivity contribution in [3.63, 3.8) is 0 Å². The summed E-state index contributed by atoms with van der Waals surface area (Å²) in [7, 11) is 1.56. The summed E-state index contributed by atoms with van der Waals surface area (Å²) in [4.78, 5) is 12.3. The fourth-order valence-corrected chi connectivity index (χ4v) is 3.05. The summed E-state index contributed by atoms with van der Waals surface area (Å²) in [6.07, 6.45) is 0.562. The molecule has 0 radical (unpaired) electrons. The molecule has 0 bridgehead atoms. The van der Waals surface area contributed by atoms with E-state index in [4.69, 9.17) is 22.7 Å². The molecular formula is C12H14Br2N2O2S. The molecule has 0 saturated carbocycles. The monoisotopic (exact) mass is 408 g/mol. The highest BCUT2D eigenvalue weighted by Gasteiger charge is 2.20. The van der Waals surface area contributed by atoms with E-state index in [2.05, 4.69) is 37.2 Å². The Morgan fingerprint density at radius 1 is 1.47 bits per heavy atom. The van der Waals surface area contributed by atoms with E-state index in [0.717, 1.165) is 8.95 Å². The predicted octanol–water partition coefficient (Wildman–Crippen LogP) is 3.47. The SMILES string of the molecule is CCC(C(=O)Nc1cc(OC)c(Br)cc1Br)C(N)=S. The van der Waals surface area contributed by atoms with E-state index in [-0.39, 0.29) is 10.9 Å². The van der Waals surface area contributed by atoms with Gasteiger partial charge in [-0.2, -0.15) is 0 Å². The first-order chi connectivity index (χ1) is 8.90. The minimum Gasteiger partial charge on any atom is -0.495 e. The smallest absolute Gasteiger partial charge is 0.234 e. The maximum Gasteiger partial charge on any atom is 0.234 e. The van der Waals surface area contributed by atoms with Gasteiger partial charge in [0.25, 0.3) is 0 Å². The second-order valence-electron chi connectivity index (χ2n) is 3.82. The fraction of sp³-hybridized carbons (Fsp3) is 0.333. The Bertz CT molecular complexity index is 509. The summed E-state index contributed by atoms with van der Waals surface area (Å²) in [6, 6.07) is 3.52. The standard InChI is InChI=1S/C12H14Br2N2O2S/c1-3-6(11(15)19)12(17)16-9-5-10(18-2)8(14)4-7(9)13/h4-6H,3H2,1-2H3,(H2,15,19)(H,16,17). The normalized spacial score (nSPS) is 11.8. The van der Waals surface area contributed by atoms with Crippen LogP contribution in [0.2, 0.25) is 0 Å². The Morgan fingerprint density at radius 3 is 2.58 bits per heavy atom. The topological polar surface area (TPSA) is 64.3 Å². The van der Waals surface area contributed by atoms with Gasteiger partial charge in [0, 0.05) is 10.5 Å². The zero-order valence-electron chi connectivity index (χ0n) is 10.5. The molecule has 0 aliphatic carbocycles. The molecule has 3 N–H and O–H groups in total. The van der Waals surface area contributed by atoms with E-state index < -0.39 is 5.92 Å². The maximum atomic E-state index is 12.1. The van der Waals surface area contributed by atoms with Gasteiger partial charge in [-0.3, -0.25) is 4.79 Å². The van der Waals surface area contributed by atoms with Crippen LogP contribution in [-0.4, -0.2) is 18.0 Å². The Labute approximate surface area is 134 Å². The lowest BCUT2D eigenvalue weighted by Crippen LogP contribution is -2.32. The number of halogens is 2. The van der Waals surface area contributed by atoms with Crippen molar-refractivity contribution < 1.29 is 9.53 Å². The van der Waals surface area contributed by atoms with Crippen LogP contribution < -0.4 is 15.8 Å². The van der Waals surface area contributed by atoms with Crippen molar-refractivity contribution >= 4 is 60.7 Å². The average molecular weight is 410 g/mol. The molecule has 19 heavy (non-hydrogen) atoms. The Hall–Kier alpha value is -0.660. The van der Waals surface area contributed by atoms with Crippen LogP contribution in [0.3, 0.4) is 0 Å². The van der Waals surface area contributed by atoms with Crippen molar-refractivity contribution in [2.45, 2.75) is 13.3 Å². The lowest BCUT2D eigenvalue weighted by molar-refractivity contribution is -0.118. The van der Waals surface area contributed by atoms with Crippen molar-refractivity contribution in [1.82, 2.24) is 0 Å². The third-order valence-electron chi connectivity index (χ3n) is 2.57. The van der Waals surface area contributed by atoms with Crippen molar-refractivity contribution in [3.8, 4) is 5.75 Å². The number of hydrogen-bond acceptors (Lipinski definition) is 3. The van der Waals surface area contributed by atoms with E-state index in [1.165, 1.54) is 0 Å². The van der Waals surface area contributed by atoms with Gasteiger partial charge >= 0.3 is 0 Å². The summed E-state index contributed by atoms with van der Waals surface area (Å²) in [5.41, 5.74) is 6.16. The van der Waals surface area contributed by atoms with Crippen molar-refractivity contribution in [3.05, 3.63) is 21.1 Å². The summed E-state index contributed by atoms with van der Waals surface area (Å²) < 4.78 is 6.72. The quantitative estimate of drug-likeness (QED) is 0.730. The summed E-state index contributed by atoms with van der Waals surface area (Å²) in [6.45, 7) is 1.86. The molecule has 0 aliphatic rings. The number of thiocarbonyl (C=S) groups is 1. The molecule has 1 aromatic carbocycles. The number of benzene rings is 1. The van der Waals surface area contributed by atoms with E-state index in [1.807, 2.05) is 6.92 Å². The number of methoxy groups -OCH3 is 1. The van der Waals surface area contributed by atoms with Crippen molar-refractivity contribution in [2.75, 3.05) is 12.4 Å². The molecule has 1 amide bonds. The highest BCUT2D eigenvalue weighted by molar-refractivity contribution is 9.11. The molecule has 1 rings (SSSR count). The van der Waals surface area contributed by atoms with E-state index >= 15 is 0 Å². The van der Waals surface area contributed by atoms with Gasteiger partial charge in [0.1, 0.15) is 5.75 Å². The van der Waals surface area contributed by atoms with Gasteiger partial charge in [0.05, 0.1) is 28.2 Å². The molecule has 0 aromatic heterocycles. The van der Waals surface area contributed by atoms with Crippen LogP contribution >= 0.6 is 44.1 Å². The molecule has 4 nitrogen and oxygen atoms in total. The highest BCUT2D eigenvalue weighted by atomic mass is 79.9. The molecule has 7 heteroatoms. The van der Waals surface area contributed by atoms with Crippen LogP contribution in [0.1, 0.15) is 13.3 Å². The van der Waals surface area contributed by atoms with Gasteiger partial charge in [-0.25, -0.2) is 0 Å². The van der Waals surface area contributed by atoms with Crippen LogP contribution in [0.4, 0.5) is 5.69 Å². The van der Waals surface area contributed by atoms with Gasteiger partial charge in [-0.1, -0.05) is 19.1 Å². The molecule has 0 fully saturated rings. The summed E-state index contributed by atoms with van der Waals surface area (Å²) in [5.74, 6) is -0.0708. The Kier molecular flexibility index (Phi) is 6.22. The number of carbonyl (C=O) groups is 1. The Balaban J connectivity index is 2.99. The zero-order chi connectivity index (χ0) is 14.6. The summed E-state index contributed by atoms with van der Waals surface area (Å²) in [5, 5.41) is 2.79. The number of hydrogen-bond donors (Lipinski definition) is 2. The maximum absolute atomic E-state index is 12.1. The summed E-state index contributed by atoms with van der Waals surface area (Å²) >= 11 is 11.6. The van der Waals surface area contributed by atoms with E-state index in [9.17, 15) is 4.79 Å². The number of anilines is 1. The van der Waals surface area contributed by atoms with Crippen LogP contribution in [-0.2, 0) is 4.79 Å². The molecule has 1 atom stereocenters. The first kappa shape index (κ1) is 16.4. The molecule has 0 aliphatic heterocycles. The second-order valence-corrected chi connectivity index (χ2v) is 6.00. The number of nitrogens with two attached hydrogens (primary N) is 1. The fourth-order valence-electron chi connectivity index (χ4n) is 1.52. The lowest BCUT2D eigenvalue weighted by atomic mass is 10.1. The van der Waals surface area contributed by atoms with Gasteiger partial charge < -0.3 is 15.8 Å². The molecule has 1 aromatic rings. The van der Waals surface area contributed by atoms with E-state index in [0.29, 0.717) is 17.9 Å². The van der Waals surface area contributed by atoms with Gasteiger partial charge in [-0.05, 0) is 44.3 Å². The number of rotatable bonds is 5. The zero-order valence-corrected chi connectivity index (χ0v) is 14.5. The lowest BCUT2D eigenvalue weighted by Gasteiger charge is -2.15. The molecule has 0 saturated heterocycles. The third-order valence-corrected chi connectivity index (χ3v) is 4.13. The van der Waals surface area contributed by atoms with Gasteiger partial charge in [0.2, 0.25) is 5.91 Å². The van der Waals surface area contributed by atoms with Gasteiger partial charge in [-0.15, -0.1) is 0 Å².